The Hall–Kier alpha value is -2.16. The lowest BCUT2D eigenvalue weighted by molar-refractivity contribution is -0.120. The van der Waals surface area contributed by atoms with Gasteiger partial charge in [0.2, 0.25) is 10.0 Å². The topological polar surface area (TPSA) is 66.9 Å². The number of fused-ring (bicyclic) bond motifs is 1. The van der Waals surface area contributed by atoms with Crippen LogP contribution in [0, 0.1) is 5.82 Å². The smallest absolute Gasteiger partial charge is 0.264 e. The van der Waals surface area contributed by atoms with E-state index in [-0.39, 0.29) is 28.2 Å². The van der Waals surface area contributed by atoms with E-state index in [1.165, 1.54) is 16.4 Å². The molecule has 0 bridgehead atoms. The molecule has 2 aromatic rings. The third-order valence-electron chi connectivity index (χ3n) is 5.45. The van der Waals surface area contributed by atoms with Gasteiger partial charge < -0.3 is 9.64 Å². The number of hydrogen-bond acceptors (Lipinski definition) is 4. The zero-order valence-electron chi connectivity index (χ0n) is 16.3. The molecule has 4 rings (SSSR count). The lowest BCUT2D eigenvalue weighted by atomic mass is 10.2. The maximum atomic E-state index is 13.1. The molecule has 160 valence electrons. The van der Waals surface area contributed by atoms with E-state index in [4.69, 9.17) is 16.3 Å². The van der Waals surface area contributed by atoms with Gasteiger partial charge in [0.15, 0.2) is 6.61 Å². The first-order chi connectivity index (χ1) is 14.4. The first-order valence-corrected chi connectivity index (χ1v) is 11.7. The van der Waals surface area contributed by atoms with E-state index < -0.39 is 15.8 Å². The second kappa shape index (κ2) is 8.53. The average Bonchev–Trinajstić information content (AvgIpc) is 3.17. The number of hydrogen-bond donors (Lipinski definition) is 0. The van der Waals surface area contributed by atoms with Crippen LogP contribution in [0.2, 0.25) is 5.02 Å². The summed E-state index contributed by atoms with van der Waals surface area (Å²) in [5.74, 6) is -0.531. The second-order valence-corrected chi connectivity index (χ2v) is 9.76. The van der Waals surface area contributed by atoms with Crippen molar-refractivity contribution >= 4 is 33.2 Å². The minimum atomic E-state index is -3.52. The fourth-order valence-electron chi connectivity index (χ4n) is 3.86. The summed E-state index contributed by atoms with van der Waals surface area (Å²) in [6.45, 7) is 1.29. The summed E-state index contributed by atoms with van der Waals surface area (Å²) < 4.78 is 45.9. The van der Waals surface area contributed by atoms with Crippen LogP contribution in [-0.2, 0) is 21.2 Å². The Morgan fingerprint density at radius 1 is 1.07 bits per heavy atom. The Labute approximate surface area is 180 Å². The number of halogens is 2. The van der Waals surface area contributed by atoms with E-state index in [0.29, 0.717) is 31.7 Å². The van der Waals surface area contributed by atoms with Crippen LogP contribution in [0.15, 0.2) is 41.3 Å². The molecule has 2 aliphatic rings. The van der Waals surface area contributed by atoms with Gasteiger partial charge >= 0.3 is 0 Å². The van der Waals surface area contributed by atoms with Crippen LogP contribution in [0.3, 0.4) is 0 Å². The molecule has 0 aliphatic carbocycles. The molecule has 1 fully saturated rings. The minimum Gasteiger partial charge on any atom is -0.482 e. The molecule has 0 spiro atoms. The first kappa shape index (κ1) is 21.1. The molecular weight excluding hydrogens is 431 g/mol. The average molecular weight is 453 g/mol. The van der Waals surface area contributed by atoms with E-state index in [2.05, 4.69) is 0 Å². The Bertz CT molecular complexity index is 1070. The van der Waals surface area contributed by atoms with Crippen molar-refractivity contribution in [1.29, 1.82) is 0 Å². The van der Waals surface area contributed by atoms with Gasteiger partial charge in [-0.2, -0.15) is 4.31 Å². The van der Waals surface area contributed by atoms with Crippen LogP contribution in [-0.4, -0.2) is 44.9 Å². The molecule has 0 unspecified atom stereocenters. The maximum absolute atomic E-state index is 13.1. The summed E-state index contributed by atoms with van der Waals surface area (Å²) in [4.78, 5) is 14.5. The largest absolute Gasteiger partial charge is 0.482 e. The van der Waals surface area contributed by atoms with Gasteiger partial charge in [-0.25, -0.2) is 12.8 Å². The summed E-state index contributed by atoms with van der Waals surface area (Å²) in [5, 5.41) is 0.0946. The third kappa shape index (κ3) is 4.17. The number of carbonyl (C=O) groups is 1. The van der Waals surface area contributed by atoms with Crippen LogP contribution in [0.5, 0.6) is 5.75 Å². The number of sulfonamides is 1. The molecule has 1 saturated heterocycles. The minimum absolute atomic E-state index is 0.0946. The Balaban J connectivity index is 1.47. The van der Waals surface area contributed by atoms with Crippen LogP contribution in [0.4, 0.5) is 10.1 Å². The van der Waals surface area contributed by atoms with Gasteiger partial charge in [-0.05, 0) is 61.2 Å². The van der Waals surface area contributed by atoms with Crippen molar-refractivity contribution in [3.8, 4) is 5.75 Å². The second-order valence-electron chi connectivity index (χ2n) is 7.41. The lowest BCUT2D eigenvalue weighted by Gasteiger charge is -2.26. The molecule has 6 nitrogen and oxygen atoms in total. The quantitative estimate of drug-likeness (QED) is 0.695. The highest BCUT2D eigenvalue weighted by atomic mass is 35.5. The standard InChI is InChI=1S/C21H22ClFN2O4S/c22-18-13-16(23)4-7-20(18)29-14-21(26)25-11-8-15-12-17(5-6-19(15)25)30(27,28)24-9-2-1-3-10-24/h4-7,12-13H,1-3,8-11,14H2. The molecule has 30 heavy (non-hydrogen) atoms. The number of amides is 1. The Kier molecular flexibility index (Phi) is 5.99. The molecule has 0 N–H and O–H groups in total. The van der Waals surface area contributed by atoms with Crippen LogP contribution >= 0.6 is 11.6 Å². The highest BCUT2D eigenvalue weighted by Crippen LogP contribution is 2.32. The first-order valence-electron chi connectivity index (χ1n) is 9.87. The highest BCUT2D eigenvalue weighted by molar-refractivity contribution is 7.89. The van der Waals surface area contributed by atoms with Crippen molar-refractivity contribution in [2.75, 3.05) is 31.1 Å². The molecule has 0 aromatic heterocycles. The van der Waals surface area contributed by atoms with E-state index >= 15 is 0 Å². The summed E-state index contributed by atoms with van der Waals surface area (Å²) in [6, 6.07) is 8.62. The fraction of sp³-hybridized carbons (Fsp3) is 0.381. The Morgan fingerprint density at radius 2 is 1.83 bits per heavy atom. The van der Waals surface area contributed by atoms with Gasteiger partial charge in [-0.3, -0.25) is 4.79 Å². The van der Waals surface area contributed by atoms with E-state index in [9.17, 15) is 17.6 Å². The third-order valence-corrected chi connectivity index (χ3v) is 7.64. The molecule has 0 radical (unpaired) electrons. The van der Waals surface area contributed by atoms with Crippen molar-refractivity contribution in [2.45, 2.75) is 30.6 Å². The van der Waals surface area contributed by atoms with E-state index in [1.807, 2.05) is 0 Å². The zero-order chi connectivity index (χ0) is 21.3. The van der Waals surface area contributed by atoms with Crippen LogP contribution in [0.25, 0.3) is 0 Å². The molecule has 9 heteroatoms. The summed E-state index contributed by atoms with van der Waals surface area (Å²) in [5.41, 5.74) is 1.51. The number of carbonyl (C=O) groups excluding carboxylic acids is 1. The molecule has 0 saturated carbocycles. The number of ether oxygens (including phenoxy) is 1. The zero-order valence-corrected chi connectivity index (χ0v) is 17.9. The Morgan fingerprint density at radius 3 is 2.57 bits per heavy atom. The molecular formula is C21H22ClFN2O4S. The molecule has 2 aliphatic heterocycles. The van der Waals surface area contributed by atoms with Crippen molar-refractivity contribution in [3.63, 3.8) is 0 Å². The van der Waals surface area contributed by atoms with Crippen LogP contribution in [0.1, 0.15) is 24.8 Å². The highest BCUT2D eigenvalue weighted by Gasteiger charge is 2.30. The van der Waals surface area contributed by atoms with Crippen molar-refractivity contribution in [1.82, 2.24) is 4.31 Å². The number of nitrogens with zero attached hydrogens (tertiary/aromatic N) is 2. The van der Waals surface area contributed by atoms with Gasteiger partial charge in [0, 0.05) is 25.3 Å². The monoisotopic (exact) mass is 452 g/mol. The van der Waals surface area contributed by atoms with Gasteiger partial charge in [-0.1, -0.05) is 18.0 Å². The normalized spacial score (nSPS) is 17.1. The molecule has 1 amide bonds. The van der Waals surface area contributed by atoms with E-state index in [0.717, 1.165) is 30.9 Å². The molecule has 0 atom stereocenters. The maximum Gasteiger partial charge on any atom is 0.264 e. The van der Waals surface area contributed by atoms with Crippen molar-refractivity contribution in [2.24, 2.45) is 0 Å². The predicted octanol–water partition coefficient (Wildman–Crippen LogP) is 3.62. The lowest BCUT2D eigenvalue weighted by Crippen LogP contribution is -2.35. The van der Waals surface area contributed by atoms with Gasteiger partial charge in [0.25, 0.3) is 5.91 Å². The fourth-order valence-corrected chi connectivity index (χ4v) is 5.65. The SMILES string of the molecule is O=C(COc1ccc(F)cc1Cl)N1CCc2cc(S(=O)(=O)N3CCCCC3)ccc21. The van der Waals surface area contributed by atoms with Crippen LogP contribution < -0.4 is 9.64 Å². The molecule has 2 heterocycles. The van der Waals surface area contributed by atoms with Gasteiger partial charge in [-0.15, -0.1) is 0 Å². The summed E-state index contributed by atoms with van der Waals surface area (Å²) in [6.07, 6.45) is 3.38. The summed E-state index contributed by atoms with van der Waals surface area (Å²) in [7, 11) is -3.52. The predicted molar refractivity (Wildman–Crippen MR) is 112 cm³/mol. The number of benzene rings is 2. The van der Waals surface area contributed by atoms with Gasteiger partial charge in [0.1, 0.15) is 11.6 Å². The number of anilines is 1. The van der Waals surface area contributed by atoms with Crippen molar-refractivity contribution < 1.29 is 22.3 Å². The van der Waals surface area contributed by atoms with Gasteiger partial charge in [0.05, 0.1) is 9.92 Å². The number of rotatable bonds is 5. The number of piperidine rings is 1. The molecule has 2 aromatic carbocycles. The van der Waals surface area contributed by atoms with E-state index in [1.54, 1.807) is 23.1 Å². The summed E-state index contributed by atoms with van der Waals surface area (Å²) >= 11 is 5.93. The van der Waals surface area contributed by atoms with Crippen molar-refractivity contribution in [3.05, 3.63) is 52.8 Å².